The van der Waals surface area contributed by atoms with Crippen molar-refractivity contribution < 1.29 is 14.3 Å². The predicted octanol–water partition coefficient (Wildman–Crippen LogP) is 4.04. The Bertz CT molecular complexity index is 885. The number of phenols is 1. The summed E-state index contributed by atoms with van der Waals surface area (Å²) < 4.78 is 5.23. The third kappa shape index (κ3) is 2.61. The summed E-state index contributed by atoms with van der Waals surface area (Å²) in [6.45, 7) is 0. The highest BCUT2D eigenvalue weighted by Gasteiger charge is 2.35. The lowest BCUT2D eigenvalue weighted by molar-refractivity contribution is 0.0678. The van der Waals surface area contributed by atoms with Gasteiger partial charge in [0.15, 0.2) is 5.76 Å². The SMILES string of the molecule is O=C(c1ccco1)N1N=C(c2cccs2)C[C@H]1c1cccc(O)c1. The zero-order valence-corrected chi connectivity index (χ0v) is 13.4. The quantitative estimate of drug-likeness (QED) is 0.784. The molecule has 1 aliphatic rings. The lowest BCUT2D eigenvalue weighted by atomic mass is 10.0. The normalized spacial score (nSPS) is 17.1. The highest BCUT2D eigenvalue weighted by atomic mass is 32.1. The molecule has 0 saturated carbocycles. The van der Waals surface area contributed by atoms with E-state index in [1.165, 1.54) is 11.3 Å². The number of aromatic hydroxyl groups is 1. The number of amides is 1. The second-order valence-electron chi connectivity index (χ2n) is 5.47. The average molecular weight is 338 g/mol. The van der Waals surface area contributed by atoms with E-state index in [9.17, 15) is 9.90 Å². The van der Waals surface area contributed by atoms with E-state index >= 15 is 0 Å². The van der Waals surface area contributed by atoms with Gasteiger partial charge in [0.1, 0.15) is 5.75 Å². The zero-order valence-electron chi connectivity index (χ0n) is 12.6. The first kappa shape index (κ1) is 14.7. The third-order valence-corrected chi connectivity index (χ3v) is 4.83. The number of phenolic OH excluding ortho intramolecular Hbond substituents is 1. The molecule has 120 valence electrons. The number of carbonyl (C=O) groups excluding carboxylic acids is 1. The van der Waals surface area contributed by atoms with Crippen molar-refractivity contribution in [2.45, 2.75) is 12.5 Å². The fraction of sp³-hybridized carbons (Fsp3) is 0.111. The smallest absolute Gasteiger partial charge is 0.310 e. The van der Waals surface area contributed by atoms with Crippen LogP contribution in [-0.4, -0.2) is 21.7 Å². The Morgan fingerprint density at radius 1 is 1.25 bits per heavy atom. The van der Waals surface area contributed by atoms with E-state index in [1.807, 2.05) is 23.6 Å². The molecule has 1 aromatic carbocycles. The van der Waals surface area contributed by atoms with Gasteiger partial charge < -0.3 is 9.52 Å². The van der Waals surface area contributed by atoms with E-state index < -0.39 is 0 Å². The number of carbonyl (C=O) groups is 1. The molecule has 3 heterocycles. The van der Waals surface area contributed by atoms with Crippen LogP contribution in [0.3, 0.4) is 0 Å². The standard InChI is InChI=1S/C18H14N2O3S/c21-13-5-1-4-12(10-13)15-11-14(17-7-3-9-24-17)19-20(15)18(22)16-6-2-8-23-16/h1-10,15,21H,11H2/t15-/m0/s1. The Hall–Kier alpha value is -2.86. The minimum atomic E-state index is -0.292. The molecule has 2 aromatic heterocycles. The molecule has 1 amide bonds. The summed E-state index contributed by atoms with van der Waals surface area (Å²) in [5, 5.41) is 17.7. The van der Waals surface area contributed by atoms with E-state index in [4.69, 9.17) is 4.42 Å². The van der Waals surface area contributed by atoms with Gasteiger partial charge in [0.25, 0.3) is 0 Å². The summed E-state index contributed by atoms with van der Waals surface area (Å²) in [4.78, 5) is 13.8. The van der Waals surface area contributed by atoms with Crippen molar-refractivity contribution in [1.29, 1.82) is 0 Å². The van der Waals surface area contributed by atoms with Crippen LogP contribution in [-0.2, 0) is 0 Å². The van der Waals surface area contributed by atoms with Crippen LogP contribution in [0.5, 0.6) is 5.75 Å². The maximum absolute atomic E-state index is 12.8. The molecule has 6 heteroatoms. The van der Waals surface area contributed by atoms with Crippen LogP contribution in [0.1, 0.15) is 33.5 Å². The topological polar surface area (TPSA) is 66.0 Å². The molecule has 0 aliphatic carbocycles. The maximum Gasteiger partial charge on any atom is 0.310 e. The van der Waals surface area contributed by atoms with Crippen molar-refractivity contribution in [1.82, 2.24) is 5.01 Å². The molecule has 0 spiro atoms. The Balaban J connectivity index is 1.73. The van der Waals surface area contributed by atoms with E-state index in [0.29, 0.717) is 6.42 Å². The van der Waals surface area contributed by atoms with Crippen LogP contribution in [0.2, 0.25) is 0 Å². The summed E-state index contributed by atoms with van der Waals surface area (Å²) in [6.07, 6.45) is 2.06. The van der Waals surface area contributed by atoms with Crippen LogP contribution in [0.15, 0.2) is 69.7 Å². The Morgan fingerprint density at radius 2 is 2.17 bits per heavy atom. The molecule has 1 aliphatic heterocycles. The van der Waals surface area contributed by atoms with Gasteiger partial charge in [0, 0.05) is 6.42 Å². The molecule has 0 bridgehead atoms. The van der Waals surface area contributed by atoms with Gasteiger partial charge in [-0.15, -0.1) is 11.3 Å². The molecule has 4 rings (SSSR count). The fourth-order valence-corrected chi connectivity index (χ4v) is 3.52. The van der Waals surface area contributed by atoms with Gasteiger partial charge in [-0.25, -0.2) is 5.01 Å². The van der Waals surface area contributed by atoms with Gasteiger partial charge in [0.2, 0.25) is 0 Å². The first-order chi connectivity index (χ1) is 11.7. The monoisotopic (exact) mass is 338 g/mol. The summed E-state index contributed by atoms with van der Waals surface area (Å²) >= 11 is 1.59. The largest absolute Gasteiger partial charge is 0.508 e. The lowest BCUT2D eigenvalue weighted by Gasteiger charge is -2.21. The second-order valence-corrected chi connectivity index (χ2v) is 6.41. The van der Waals surface area contributed by atoms with Crippen molar-refractivity contribution in [3.63, 3.8) is 0 Å². The highest BCUT2D eigenvalue weighted by molar-refractivity contribution is 7.12. The summed E-state index contributed by atoms with van der Waals surface area (Å²) in [7, 11) is 0. The number of furan rings is 1. The lowest BCUT2D eigenvalue weighted by Crippen LogP contribution is -2.26. The van der Waals surface area contributed by atoms with Crippen molar-refractivity contribution in [2.24, 2.45) is 5.10 Å². The van der Waals surface area contributed by atoms with Gasteiger partial charge >= 0.3 is 5.91 Å². The van der Waals surface area contributed by atoms with Crippen molar-refractivity contribution in [3.05, 3.63) is 76.4 Å². The molecule has 1 atom stereocenters. The number of nitrogens with zero attached hydrogens (tertiary/aromatic N) is 2. The molecule has 24 heavy (non-hydrogen) atoms. The van der Waals surface area contributed by atoms with E-state index in [0.717, 1.165) is 16.2 Å². The van der Waals surface area contributed by atoms with Crippen LogP contribution < -0.4 is 0 Å². The van der Waals surface area contributed by atoms with Gasteiger partial charge in [0.05, 0.1) is 22.9 Å². The third-order valence-electron chi connectivity index (χ3n) is 3.91. The van der Waals surface area contributed by atoms with Crippen LogP contribution in [0, 0.1) is 0 Å². The number of benzene rings is 1. The average Bonchev–Trinajstić information content (AvgIpc) is 3.34. The number of hydrazone groups is 1. The van der Waals surface area contributed by atoms with Gasteiger partial charge in [-0.3, -0.25) is 4.79 Å². The molecule has 0 radical (unpaired) electrons. The zero-order chi connectivity index (χ0) is 16.5. The van der Waals surface area contributed by atoms with Crippen LogP contribution >= 0.6 is 11.3 Å². The highest BCUT2D eigenvalue weighted by Crippen LogP contribution is 2.35. The van der Waals surface area contributed by atoms with E-state index in [1.54, 1.807) is 41.7 Å². The first-order valence-corrected chi connectivity index (χ1v) is 8.37. The molecule has 3 aromatic rings. The van der Waals surface area contributed by atoms with E-state index in [2.05, 4.69) is 5.10 Å². The van der Waals surface area contributed by atoms with Crippen molar-refractivity contribution >= 4 is 23.0 Å². The Labute approximate surface area is 142 Å². The molecule has 0 fully saturated rings. The molecule has 1 N–H and O–H groups in total. The minimum absolute atomic E-state index is 0.169. The van der Waals surface area contributed by atoms with E-state index in [-0.39, 0.29) is 23.5 Å². The molecule has 0 unspecified atom stereocenters. The molecule has 5 nitrogen and oxygen atoms in total. The van der Waals surface area contributed by atoms with Crippen molar-refractivity contribution in [2.75, 3.05) is 0 Å². The minimum Gasteiger partial charge on any atom is -0.508 e. The number of thiophene rings is 1. The summed E-state index contributed by atoms with van der Waals surface area (Å²) in [6, 6.07) is 13.9. The Morgan fingerprint density at radius 3 is 2.88 bits per heavy atom. The second kappa shape index (κ2) is 5.98. The van der Waals surface area contributed by atoms with Crippen LogP contribution in [0.4, 0.5) is 0 Å². The van der Waals surface area contributed by atoms with Gasteiger partial charge in [-0.1, -0.05) is 18.2 Å². The maximum atomic E-state index is 12.8. The molecule has 0 saturated heterocycles. The first-order valence-electron chi connectivity index (χ1n) is 7.50. The number of rotatable bonds is 3. The summed E-state index contributed by atoms with van der Waals surface area (Å²) in [5.41, 5.74) is 1.70. The fourth-order valence-electron chi connectivity index (χ4n) is 2.79. The van der Waals surface area contributed by atoms with Gasteiger partial charge in [-0.05, 0) is 41.3 Å². The van der Waals surface area contributed by atoms with Crippen molar-refractivity contribution in [3.8, 4) is 5.75 Å². The molecular weight excluding hydrogens is 324 g/mol. The number of hydrogen-bond acceptors (Lipinski definition) is 5. The summed E-state index contributed by atoms with van der Waals surface area (Å²) in [5.74, 6) is 0.124. The Kier molecular flexibility index (Phi) is 3.66. The predicted molar refractivity (Wildman–Crippen MR) is 91.2 cm³/mol. The molecular formula is C18H14N2O3S. The van der Waals surface area contributed by atoms with Gasteiger partial charge in [-0.2, -0.15) is 5.10 Å². The number of hydrogen-bond donors (Lipinski definition) is 1. The van der Waals surface area contributed by atoms with Crippen LogP contribution in [0.25, 0.3) is 0 Å².